The largest absolute Gasteiger partial charge is 0.493 e. The Labute approximate surface area is 180 Å². The maximum atomic E-state index is 12.6. The van der Waals surface area contributed by atoms with Crippen molar-refractivity contribution in [1.29, 1.82) is 0 Å². The van der Waals surface area contributed by atoms with E-state index in [1.807, 2.05) is 6.92 Å². The zero-order valence-corrected chi connectivity index (χ0v) is 19.1. The summed E-state index contributed by atoms with van der Waals surface area (Å²) in [6.07, 6.45) is 8.57. The van der Waals surface area contributed by atoms with Gasteiger partial charge in [0.15, 0.2) is 0 Å². The topological polar surface area (TPSA) is 82.1 Å². The van der Waals surface area contributed by atoms with Crippen LogP contribution in [0.25, 0.3) is 0 Å². The molecule has 6 heteroatoms. The van der Waals surface area contributed by atoms with Gasteiger partial charge < -0.3 is 19.3 Å². The monoisotopic (exact) mass is 422 g/mol. The predicted octanol–water partition coefficient (Wildman–Crippen LogP) is 6.04. The first kappa shape index (κ1) is 25.8. The summed E-state index contributed by atoms with van der Waals surface area (Å²) in [6, 6.07) is 1.47. The molecule has 0 saturated carbocycles. The van der Waals surface area contributed by atoms with E-state index in [9.17, 15) is 14.7 Å². The second-order valence-electron chi connectivity index (χ2n) is 7.30. The van der Waals surface area contributed by atoms with E-state index in [4.69, 9.17) is 14.2 Å². The van der Waals surface area contributed by atoms with Crippen LogP contribution < -0.4 is 9.47 Å². The number of unbranched alkanes of at least 4 members (excludes halogenated alkanes) is 6. The van der Waals surface area contributed by atoms with Gasteiger partial charge in [0, 0.05) is 5.56 Å². The molecule has 0 spiro atoms. The highest BCUT2D eigenvalue weighted by atomic mass is 16.5. The number of rotatable bonds is 16. The highest BCUT2D eigenvalue weighted by Gasteiger charge is 2.27. The third kappa shape index (κ3) is 7.88. The Morgan fingerprint density at radius 2 is 1.47 bits per heavy atom. The summed E-state index contributed by atoms with van der Waals surface area (Å²) in [5, 5.41) is 9.87. The Bertz CT molecular complexity index is 668. The highest BCUT2D eigenvalue weighted by Crippen LogP contribution is 2.36. The lowest BCUT2D eigenvalue weighted by Gasteiger charge is -2.20. The molecule has 0 aliphatic heterocycles. The van der Waals surface area contributed by atoms with Crippen LogP contribution in [0.2, 0.25) is 0 Å². The second kappa shape index (κ2) is 14.7. The number of ether oxygens (including phenoxy) is 3. The standard InChI is InChI=1S/C24H38O6/c1-5-9-11-13-15-29-20-17-19(24(27)28-8-4)22(30-16-14-12-10-6-2)18(7-3)21(20)23(25)26/h17H,5-16H2,1-4H3,(H,25,26). The lowest BCUT2D eigenvalue weighted by atomic mass is 9.98. The summed E-state index contributed by atoms with van der Waals surface area (Å²) in [5.41, 5.74) is 0.787. The normalized spacial score (nSPS) is 10.7. The fourth-order valence-corrected chi connectivity index (χ4v) is 3.32. The number of carboxylic acid groups (broad SMARTS) is 1. The van der Waals surface area contributed by atoms with Gasteiger partial charge in [-0.05, 0) is 32.3 Å². The number of aromatic carboxylic acids is 1. The van der Waals surface area contributed by atoms with Gasteiger partial charge in [-0.1, -0.05) is 59.3 Å². The molecule has 1 aromatic rings. The molecule has 0 heterocycles. The van der Waals surface area contributed by atoms with Gasteiger partial charge in [-0.2, -0.15) is 0 Å². The van der Waals surface area contributed by atoms with Crippen molar-refractivity contribution in [3.05, 3.63) is 22.8 Å². The number of benzene rings is 1. The molecular weight excluding hydrogens is 384 g/mol. The molecule has 0 fully saturated rings. The molecule has 0 aromatic heterocycles. The first-order chi connectivity index (χ1) is 14.5. The van der Waals surface area contributed by atoms with Gasteiger partial charge in [0.25, 0.3) is 0 Å². The van der Waals surface area contributed by atoms with Gasteiger partial charge in [-0.15, -0.1) is 0 Å². The maximum absolute atomic E-state index is 12.6. The number of carboxylic acids is 1. The predicted molar refractivity (Wildman–Crippen MR) is 118 cm³/mol. The quantitative estimate of drug-likeness (QED) is 0.258. The number of hydrogen-bond acceptors (Lipinski definition) is 5. The summed E-state index contributed by atoms with van der Waals surface area (Å²) in [4.78, 5) is 24.7. The van der Waals surface area contributed by atoms with Crippen LogP contribution in [0.1, 0.15) is 105 Å². The summed E-state index contributed by atoms with van der Waals surface area (Å²) in [7, 11) is 0. The number of carbonyl (C=O) groups excluding carboxylic acids is 1. The van der Waals surface area contributed by atoms with E-state index in [0.717, 1.165) is 51.4 Å². The molecule has 0 aliphatic rings. The summed E-state index contributed by atoms with van der Waals surface area (Å²) < 4.78 is 17.0. The average molecular weight is 423 g/mol. The minimum Gasteiger partial charge on any atom is -0.493 e. The molecule has 170 valence electrons. The van der Waals surface area contributed by atoms with Crippen LogP contribution in [0.3, 0.4) is 0 Å². The van der Waals surface area contributed by atoms with Crippen molar-refractivity contribution in [2.45, 2.75) is 85.5 Å². The van der Waals surface area contributed by atoms with Crippen LogP contribution in [0, 0.1) is 0 Å². The molecule has 0 bridgehead atoms. The van der Waals surface area contributed by atoms with Crippen molar-refractivity contribution in [3.63, 3.8) is 0 Å². The van der Waals surface area contributed by atoms with Crippen molar-refractivity contribution >= 4 is 11.9 Å². The highest BCUT2D eigenvalue weighted by molar-refractivity contribution is 5.99. The fourth-order valence-electron chi connectivity index (χ4n) is 3.32. The smallest absolute Gasteiger partial charge is 0.342 e. The molecule has 0 atom stereocenters. The van der Waals surface area contributed by atoms with Crippen LogP contribution in [-0.4, -0.2) is 36.9 Å². The van der Waals surface area contributed by atoms with Crippen molar-refractivity contribution < 1.29 is 28.9 Å². The summed E-state index contributed by atoms with van der Waals surface area (Å²) in [6.45, 7) is 8.91. The number of esters is 1. The van der Waals surface area contributed by atoms with E-state index in [1.54, 1.807) is 6.92 Å². The van der Waals surface area contributed by atoms with Crippen LogP contribution in [0.5, 0.6) is 11.5 Å². The number of hydrogen-bond donors (Lipinski definition) is 1. The van der Waals surface area contributed by atoms with E-state index in [0.29, 0.717) is 30.9 Å². The molecule has 0 saturated heterocycles. The van der Waals surface area contributed by atoms with Crippen molar-refractivity contribution in [2.24, 2.45) is 0 Å². The van der Waals surface area contributed by atoms with E-state index in [2.05, 4.69) is 13.8 Å². The SMILES string of the molecule is CCCCCCOc1cc(C(=O)OCC)c(OCCCCCC)c(CC)c1C(=O)O. The lowest BCUT2D eigenvalue weighted by Crippen LogP contribution is -2.16. The molecule has 1 N–H and O–H groups in total. The van der Waals surface area contributed by atoms with Crippen LogP contribution in [0.15, 0.2) is 6.07 Å². The molecule has 30 heavy (non-hydrogen) atoms. The number of carbonyl (C=O) groups is 2. The molecule has 0 amide bonds. The summed E-state index contributed by atoms with van der Waals surface area (Å²) >= 11 is 0. The third-order valence-corrected chi connectivity index (χ3v) is 4.90. The van der Waals surface area contributed by atoms with Gasteiger partial charge in [0.1, 0.15) is 22.6 Å². The van der Waals surface area contributed by atoms with Crippen molar-refractivity contribution in [2.75, 3.05) is 19.8 Å². The Kier molecular flexibility index (Phi) is 12.6. The first-order valence-corrected chi connectivity index (χ1v) is 11.4. The Balaban J connectivity index is 3.26. The van der Waals surface area contributed by atoms with E-state index in [-0.39, 0.29) is 23.5 Å². The van der Waals surface area contributed by atoms with Crippen LogP contribution in [0.4, 0.5) is 0 Å². The molecule has 6 nitrogen and oxygen atoms in total. The average Bonchev–Trinajstić information content (AvgIpc) is 2.73. The Hall–Kier alpha value is -2.24. The maximum Gasteiger partial charge on any atom is 0.342 e. The van der Waals surface area contributed by atoms with Crippen LogP contribution >= 0.6 is 0 Å². The summed E-state index contributed by atoms with van der Waals surface area (Å²) in [5.74, 6) is -1.09. The zero-order valence-electron chi connectivity index (χ0n) is 19.1. The van der Waals surface area contributed by atoms with E-state index >= 15 is 0 Å². The van der Waals surface area contributed by atoms with Gasteiger partial charge in [0.2, 0.25) is 0 Å². The van der Waals surface area contributed by atoms with Crippen molar-refractivity contribution in [1.82, 2.24) is 0 Å². The van der Waals surface area contributed by atoms with Crippen molar-refractivity contribution in [3.8, 4) is 11.5 Å². The van der Waals surface area contributed by atoms with E-state index in [1.165, 1.54) is 6.07 Å². The molecular formula is C24H38O6. The first-order valence-electron chi connectivity index (χ1n) is 11.4. The molecule has 0 aliphatic carbocycles. The van der Waals surface area contributed by atoms with Crippen LogP contribution in [-0.2, 0) is 11.2 Å². The van der Waals surface area contributed by atoms with Gasteiger partial charge in [-0.3, -0.25) is 0 Å². The molecule has 1 rings (SSSR count). The molecule has 0 radical (unpaired) electrons. The fraction of sp³-hybridized carbons (Fsp3) is 0.667. The Morgan fingerprint density at radius 3 is 1.97 bits per heavy atom. The van der Waals surface area contributed by atoms with Gasteiger partial charge >= 0.3 is 11.9 Å². The third-order valence-electron chi connectivity index (χ3n) is 4.90. The van der Waals surface area contributed by atoms with Gasteiger partial charge in [-0.25, -0.2) is 9.59 Å². The Morgan fingerprint density at radius 1 is 0.867 bits per heavy atom. The lowest BCUT2D eigenvalue weighted by molar-refractivity contribution is 0.0518. The molecule has 0 unspecified atom stereocenters. The molecule has 1 aromatic carbocycles. The van der Waals surface area contributed by atoms with Gasteiger partial charge in [0.05, 0.1) is 19.8 Å². The van der Waals surface area contributed by atoms with E-state index < -0.39 is 11.9 Å². The minimum absolute atomic E-state index is 0.0737. The minimum atomic E-state index is -1.08. The second-order valence-corrected chi connectivity index (χ2v) is 7.30. The zero-order chi connectivity index (χ0) is 22.4.